The van der Waals surface area contributed by atoms with Crippen LogP contribution in [0.15, 0.2) is 48.5 Å². The van der Waals surface area contributed by atoms with Crippen molar-refractivity contribution in [2.75, 3.05) is 11.9 Å². The van der Waals surface area contributed by atoms with Crippen LogP contribution in [0.5, 0.6) is 0 Å². The Balaban J connectivity index is 2.38. The smallest absolute Gasteiger partial charge is 0.258 e. The van der Waals surface area contributed by atoms with E-state index in [-0.39, 0.29) is 5.91 Å². The van der Waals surface area contributed by atoms with Gasteiger partial charge in [-0.15, -0.1) is 0 Å². The van der Waals surface area contributed by atoms with Crippen LogP contribution in [0.1, 0.15) is 21.5 Å². The Labute approximate surface area is 108 Å². The third kappa shape index (κ3) is 2.28. The number of anilines is 1. The number of carbonyl (C=O) groups excluding carboxylic acids is 1. The van der Waals surface area contributed by atoms with E-state index < -0.39 is 0 Å². The highest BCUT2D eigenvalue weighted by Gasteiger charge is 2.17. The molecule has 2 nitrogen and oxygen atoms in total. The fraction of sp³-hybridized carbons (Fsp3) is 0.188. The van der Waals surface area contributed by atoms with Gasteiger partial charge in [0.1, 0.15) is 0 Å². The number of amides is 1. The van der Waals surface area contributed by atoms with E-state index in [0.29, 0.717) is 0 Å². The molecular formula is C16H17NO. The summed E-state index contributed by atoms with van der Waals surface area (Å²) in [6, 6.07) is 15.6. The molecule has 0 bridgehead atoms. The molecule has 18 heavy (non-hydrogen) atoms. The van der Waals surface area contributed by atoms with Crippen LogP contribution in [0.25, 0.3) is 0 Å². The molecule has 0 aliphatic heterocycles. The maximum absolute atomic E-state index is 12.5. The second-order valence-electron chi connectivity index (χ2n) is 4.47. The Kier molecular flexibility index (Phi) is 3.47. The first-order valence-corrected chi connectivity index (χ1v) is 6.00. The van der Waals surface area contributed by atoms with E-state index in [1.165, 1.54) is 0 Å². The summed E-state index contributed by atoms with van der Waals surface area (Å²) in [5.74, 6) is 0.0387. The Hall–Kier alpha value is -2.09. The summed E-state index contributed by atoms with van der Waals surface area (Å²) in [5.41, 5.74) is 3.74. The lowest BCUT2D eigenvalue weighted by molar-refractivity contribution is 0.0992. The molecule has 2 aromatic rings. The zero-order valence-corrected chi connectivity index (χ0v) is 11.0. The number of hydrogen-bond donors (Lipinski definition) is 0. The van der Waals surface area contributed by atoms with E-state index in [4.69, 9.17) is 0 Å². The van der Waals surface area contributed by atoms with Crippen molar-refractivity contribution in [1.82, 2.24) is 0 Å². The number of benzene rings is 2. The van der Waals surface area contributed by atoms with Crippen molar-refractivity contribution < 1.29 is 4.79 Å². The van der Waals surface area contributed by atoms with Gasteiger partial charge in [-0.1, -0.05) is 36.4 Å². The van der Waals surface area contributed by atoms with Gasteiger partial charge in [0, 0.05) is 18.3 Å². The van der Waals surface area contributed by atoms with Crippen molar-refractivity contribution in [3.63, 3.8) is 0 Å². The summed E-state index contributed by atoms with van der Waals surface area (Å²) in [4.78, 5) is 14.2. The molecule has 0 saturated heterocycles. The Morgan fingerprint density at radius 3 is 2.00 bits per heavy atom. The summed E-state index contributed by atoms with van der Waals surface area (Å²) in [7, 11) is 1.81. The van der Waals surface area contributed by atoms with Crippen molar-refractivity contribution in [3.05, 3.63) is 65.2 Å². The van der Waals surface area contributed by atoms with Crippen LogP contribution >= 0.6 is 0 Å². The molecule has 0 saturated carbocycles. The lowest BCUT2D eigenvalue weighted by Gasteiger charge is -2.19. The van der Waals surface area contributed by atoms with Gasteiger partial charge in [-0.3, -0.25) is 4.79 Å². The first kappa shape index (κ1) is 12.4. The van der Waals surface area contributed by atoms with Crippen molar-refractivity contribution in [3.8, 4) is 0 Å². The van der Waals surface area contributed by atoms with Crippen LogP contribution in [-0.4, -0.2) is 13.0 Å². The average molecular weight is 239 g/mol. The highest BCUT2D eigenvalue weighted by molar-refractivity contribution is 6.07. The molecular weight excluding hydrogens is 222 g/mol. The second kappa shape index (κ2) is 5.05. The molecule has 0 heterocycles. The van der Waals surface area contributed by atoms with Gasteiger partial charge < -0.3 is 4.90 Å². The number of aryl methyl sites for hydroxylation is 2. The largest absolute Gasteiger partial charge is 0.311 e. The fourth-order valence-electron chi connectivity index (χ4n) is 2.09. The van der Waals surface area contributed by atoms with Gasteiger partial charge in [-0.05, 0) is 37.1 Å². The molecule has 0 aliphatic rings. The van der Waals surface area contributed by atoms with Crippen LogP contribution in [-0.2, 0) is 0 Å². The standard InChI is InChI=1S/C16H17NO/c1-12-8-7-9-13(2)15(12)16(18)17(3)14-10-5-4-6-11-14/h4-11H,1-3H3. The predicted octanol–water partition coefficient (Wildman–Crippen LogP) is 3.58. The molecule has 1 amide bonds. The minimum absolute atomic E-state index is 0.0387. The van der Waals surface area contributed by atoms with E-state index in [2.05, 4.69) is 0 Å². The maximum atomic E-state index is 12.5. The van der Waals surface area contributed by atoms with E-state index in [9.17, 15) is 4.79 Å². The van der Waals surface area contributed by atoms with Crippen LogP contribution in [0.4, 0.5) is 5.69 Å². The molecule has 0 aromatic heterocycles. The number of rotatable bonds is 2. The molecule has 92 valence electrons. The van der Waals surface area contributed by atoms with Gasteiger partial charge in [0.2, 0.25) is 0 Å². The van der Waals surface area contributed by atoms with Crippen LogP contribution in [0.2, 0.25) is 0 Å². The molecule has 2 aromatic carbocycles. The SMILES string of the molecule is Cc1cccc(C)c1C(=O)N(C)c1ccccc1. The summed E-state index contributed by atoms with van der Waals surface area (Å²) in [5, 5.41) is 0. The van der Waals surface area contributed by atoms with Crippen LogP contribution in [0, 0.1) is 13.8 Å². The van der Waals surface area contributed by atoms with Crippen molar-refractivity contribution in [1.29, 1.82) is 0 Å². The maximum Gasteiger partial charge on any atom is 0.258 e. The second-order valence-corrected chi connectivity index (χ2v) is 4.47. The topological polar surface area (TPSA) is 20.3 Å². The highest BCUT2D eigenvalue weighted by Crippen LogP contribution is 2.19. The third-order valence-corrected chi connectivity index (χ3v) is 3.14. The molecule has 0 aliphatic carbocycles. The number of para-hydroxylation sites is 1. The lowest BCUT2D eigenvalue weighted by Crippen LogP contribution is -2.27. The molecule has 0 atom stereocenters. The summed E-state index contributed by atoms with van der Waals surface area (Å²) >= 11 is 0. The van der Waals surface area contributed by atoms with E-state index >= 15 is 0 Å². The van der Waals surface area contributed by atoms with Gasteiger partial charge in [-0.2, -0.15) is 0 Å². The molecule has 0 unspecified atom stereocenters. The first-order chi connectivity index (χ1) is 8.61. The molecule has 0 radical (unpaired) electrons. The van der Waals surface area contributed by atoms with Gasteiger partial charge in [-0.25, -0.2) is 0 Å². The van der Waals surface area contributed by atoms with E-state index in [0.717, 1.165) is 22.4 Å². The molecule has 0 fully saturated rings. The van der Waals surface area contributed by atoms with Crippen LogP contribution in [0.3, 0.4) is 0 Å². The quantitative estimate of drug-likeness (QED) is 0.784. The summed E-state index contributed by atoms with van der Waals surface area (Å²) in [6.45, 7) is 3.94. The number of hydrogen-bond acceptors (Lipinski definition) is 1. The van der Waals surface area contributed by atoms with E-state index in [1.807, 2.05) is 69.4 Å². The minimum Gasteiger partial charge on any atom is -0.311 e. The monoisotopic (exact) mass is 239 g/mol. The highest BCUT2D eigenvalue weighted by atomic mass is 16.2. The normalized spacial score (nSPS) is 10.2. The third-order valence-electron chi connectivity index (χ3n) is 3.14. The molecule has 0 spiro atoms. The zero-order valence-electron chi connectivity index (χ0n) is 11.0. The van der Waals surface area contributed by atoms with Crippen molar-refractivity contribution >= 4 is 11.6 Å². The van der Waals surface area contributed by atoms with Gasteiger partial charge in [0.25, 0.3) is 5.91 Å². The van der Waals surface area contributed by atoms with Crippen molar-refractivity contribution in [2.45, 2.75) is 13.8 Å². The molecule has 0 N–H and O–H groups in total. The Morgan fingerprint density at radius 1 is 0.889 bits per heavy atom. The Bertz CT molecular complexity index is 540. The van der Waals surface area contributed by atoms with E-state index in [1.54, 1.807) is 4.90 Å². The fourth-order valence-corrected chi connectivity index (χ4v) is 2.09. The van der Waals surface area contributed by atoms with Crippen LogP contribution < -0.4 is 4.90 Å². The number of nitrogens with zero attached hydrogens (tertiary/aromatic N) is 1. The van der Waals surface area contributed by atoms with Gasteiger partial charge >= 0.3 is 0 Å². The van der Waals surface area contributed by atoms with Gasteiger partial charge in [0.05, 0.1) is 0 Å². The molecule has 2 rings (SSSR count). The Morgan fingerprint density at radius 2 is 1.44 bits per heavy atom. The average Bonchev–Trinajstić information content (AvgIpc) is 2.38. The first-order valence-electron chi connectivity index (χ1n) is 6.00. The van der Waals surface area contributed by atoms with Crippen molar-refractivity contribution in [2.24, 2.45) is 0 Å². The lowest BCUT2D eigenvalue weighted by atomic mass is 10.0. The predicted molar refractivity (Wildman–Crippen MR) is 75.1 cm³/mol. The minimum atomic E-state index is 0.0387. The van der Waals surface area contributed by atoms with Gasteiger partial charge in [0.15, 0.2) is 0 Å². The summed E-state index contributed by atoms with van der Waals surface area (Å²) in [6.07, 6.45) is 0. The molecule has 2 heteroatoms. The summed E-state index contributed by atoms with van der Waals surface area (Å²) < 4.78 is 0. The zero-order chi connectivity index (χ0) is 13.1. The number of carbonyl (C=O) groups is 1.